The fourth-order valence-corrected chi connectivity index (χ4v) is 2.71. The first kappa shape index (κ1) is 12.2. The van der Waals surface area contributed by atoms with Gasteiger partial charge in [0, 0.05) is 26.0 Å². The molecule has 0 spiro atoms. The van der Waals surface area contributed by atoms with Crippen LogP contribution in [0.2, 0.25) is 0 Å². The van der Waals surface area contributed by atoms with Crippen molar-refractivity contribution < 1.29 is 9.53 Å². The Balaban J connectivity index is 2.05. The Kier molecular flexibility index (Phi) is 3.89. The number of esters is 1. The van der Waals surface area contributed by atoms with E-state index in [2.05, 4.69) is 4.98 Å². The molecule has 0 bridgehead atoms. The first-order valence-electron chi connectivity index (χ1n) is 5.59. The lowest BCUT2D eigenvalue weighted by molar-refractivity contribution is 0.0357. The van der Waals surface area contributed by atoms with Crippen LogP contribution < -0.4 is 4.90 Å². The molecule has 2 rings (SSSR count). The molecule has 1 aromatic heterocycles. The summed E-state index contributed by atoms with van der Waals surface area (Å²) in [5, 5.41) is 0. The number of anilines is 1. The summed E-state index contributed by atoms with van der Waals surface area (Å²) < 4.78 is 5.43. The van der Waals surface area contributed by atoms with Gasteiger partial charge < -0.3 is 9.64 Å². The SMILES string of the molecule is CN(C)c1cc(C(=O)OC2CCSC2)ccn1. The van der Waals surface area contributed by atoms with Crippen molar-refractivity contribution in [3.63, 3.8) is 0 Å². The summed E-state index contributed by atoms with van der Waals surface area (Å²) in [6.45, 7) is 0. The number of hydrogen-bond donors (Lipinski definition) is 0. The summed E-state index contributed by atoms with van der Waals surface area (Å²) in [5.74, 6) is 2.51. The molecule has 4 nitrogen and oxygen atoms in total. The van der Waals surface area contributed by atoms with Gasteiger partial charge in [-0.2, -0.15) is 11.8 Å². The van der Waals surface area contributed by atoms with Crippen LogP contribution in [0.3, 0.4) is 0 Å². The Bertz CT molecular complexity index is 403. The van der Waals surface area contributed by atoms with Crippen molar-refractivity contribution >= 4 is 23.5 Å². The van der Waals surface area contributed by atoms with Gasteiger partial charge in [0.15, 0.2) is 0 Å². The number of carbonyl (C=O) groups is 1. The second kappa shape index (κ2) is 5.40. The van der Waals surface area contributed by atoms with Crippen LogP contribution in [-0.4, -0.2) is 42.7 Å². The van der Waals surface area contributed by atoms with Gasteiger partial charge in [-0.3, -0.25) is 0 Å². The maximum atomic E-state index is 11.9. The molecule has 1 aliphatic heterocycles. The van der Waals surface area contributed by atoms with E-state index in [1.54, 1.807) is 18.3 Å². The van der Waals surface area contributed by atoms with E-state index in [0.29, 0.717) is 5.56 Å². The number of rotatable bonds is 3. The summed E-state index contributed by atoms with van der Waals surface area (Å²) in [6, 6.07) is 3.45. The number of ether oxygens (including phenoxy) is 1. The van der Waals surface area contributed by atoms with E-state index in [1.165, 1.54) is 0 Å². The minimum Gasteiger partial charge on any atom is -0.458 e. The Labute approximate surface area is 105 Å². The van der Waals surface area contributed by atoms with Gasteiger partial charge in [0.1, 0.15) is 11.9 Å². The predicted octanol–water partition coefficient (Wildman–Crippen LogP) is 1.81. The van der Waals surface area contributed by atoms with Crippen LogP contribution in [0.25, 0.3) is 0 Å². The zero-order valence-corrected chi connectivity index (χ0v) is 10.9. The van der Waals surface area contributed by atoms with Gasteiger partial charge in [-0.25, -0.2) is 9.78 Å². The molecule has 1 aliphatic rings. The molecule has 1 aromatic rings. The highest BCUT2D eigenvalue weighted by molar-refractivity contribution is 7.99. The number of hydrogen-bond acceptors (Lipinski definition) is 5. The van der Waals surface area contributed by atoms with E-state index in [-0.39, 0.29) is 12.1 Å². The predicted molar refractivity (Wildman–Crippen MR) is 69.7 cm³/mol. The zero-order chi connectivity index (χ0) is 12.3. The molecule has 5 heteroatoms. The second-order valence-corrected chi connectivity index (χ2v) is 5.34. The van der Waals surface area contributed by atoms with Gasteiger partial charge in [-0.1, -0.05) is 0 Å². The highest BCUT2D eigenvalue weighted by atomic mass is 32.2. The number of carbonyl (C=O) groups excluding carboxylic acids is 1. The number of thioether (sulfide) groups is 1. The van der Waals surface area contributed by atoms with Crippen LogP contribution in [0, 0.1) is 0 Å². The maximum absolute atomic E-state index is 11.9. The Hall–Kier alpha value is -1.23. The molecular weight excluding hydrogens is 236 g/mol. The van der Waals surface area contributed by atoms with Crippen molar-refractivity contribution in [3.8, 4) is 0 Å². The van der Waals surface area contributed by atoms with Crippen LogP contribution in [0.5, 0.6) is 0 Å². The molecule has 1 unspecified atom stereocenters. The van der Waals surface area contributed by atoms with Crippen LogP contribution in [0.1, 0.15) is 16.8 Å². The number of nitrogens with zero attached hydrogens (tertiary/aromatic N) is 2. The molecule has 0 radical (unpaired) electrons. The standard InChI is InChI=1S/C12H16N2O2S/c1-14(2)11-7-9(3-5-13-11)12(15)16-10-4-6-17-8-10/h3,5,7,10H,4,6,8H2,1-2H3. The van der Waals surface area contributed by atoms with E-state index in [9.17, 15) is 4.79 Å². The third-order valence-corrected chi connectivity index (χ3v) is 3.73. The van der Waals surface area contributed by atoms with E-state index in [0.717, 1.165) is 23.7 Å². The Morgan fingerprint density at radius 1 is 1.59 bits per heavy atom. The first-order valence-corrected chi connectivity index (χ1v) is 6.74. The first-order chi connectivity index (χ1) is 8.16. The van der Waals surface area contributed by atoms with Crippen molar-refractivity contribution in [2.45, 2.75) is 12.5 Å². The van der Waals surface area contributed by atoms with Crippen LogP contribution >= 0.6 is 11.8 Å². The fourth-order valence-electron chi connectivity index (χ4n) is 1.62. The molecule has 0 amide bonds. The van der Waals surface area contributed by atoms with Crippen molar-refractivity contribution in [2.75, 3.05) is 30.5 Å². The lowest BCUT2D eigenvalue weighted by atomic mass is 10.2. The summed E-state index contributed by atoms with van der Waals surface area (Å²) in [6.07, 6.45) is 2.67. The fraction of sp³-hybridized carbons (Fsp3) is 0.500. The molecule has 0 aromatic carbocycles. The zero-order valence-electron chi connectivity index (χ0n) is 10.0. The van der Waals surface area contributed by atoms with Crippen LogP contribution in [0.15, 0.2) is 18.3 Å². The average molecular weight is 252 g/mol. The largest absolute Gasteiger partial charge is 0.458 e. The molecule has 0 N–H and O–H groups in total. The summed E-state index contributed by atoms with van der Waals surface area (Å²) in [5.41, 5.74) is 0.570. The molecule has 17 heavy (non-hydrogen) atoms. The number of aromatic nitrogens is 1. The lowest BCUT2D eigenvalue weighted by Gasteiger charge is -2.13. The van der Waals surface area contributed by atoms with Crippen LogP contribution in [-0.2, 0) is 4.74 Å². The van der Waals surface area contributed by atoms with E-state index in [1.807, 2.05) is 30.8 Å². The van der Waals surface area contributed by atoms with Gasteiger partial charge >= 0.3 is 5.97 Å². The second-order valence-electron chi connectivity index (χ2n) is 4.19. The molecular formula is C12H16N2O2S. The average Bonchev–Trinajstić information content (AvgIpc) is 2.82. The highest BCUT2D eigenvalue weighted by Gasteiger charge is 2.20. The monoisotopic (exact) mass is 252 g/mol. The summed E-state index contributed by atoms with van der Waals surface area (Å²) in [7, 11) is 3.79. The van der Waals surface area contributed by atoms with E-state index in [4.69, 9.17) is 4.74 Å². The van der Waals surface area contributed by atoms with Crippen molar-refractivity contribution in [2.24, 2.45) is 0 Å². The molecule has 1 atom stereocenters. The third-order valence-electron chi connectivity index (χ3n) is 2.60. The van der Waals surface area contributed by atoms with Crippen molar-refractivity contribution in [1.82, 2.24) is 4.98 Å². The lowest BCUT2D eigenvalue weighted by Crippen LogP contribution is -2.18. The highest BCUT2D eigenvalue weighted by Crippen LogP contribution is 2.21. The molecule has 2 heterocycles. The smallest absolute Gasteiger partial charge is 0.338 e. The molecule has 0 aliphatic carbocycles. The minimum atomic E-state index is -0.247. The van der Waals surface area contributed by atoms with Gasteiger partial charge in [0.25, 0.3) is 0 Å². The topological polar surface area (TPSA) is 42.4 Å². The van der Waals surface area contributed by atoms with Gasteiger partial charge in [-0.15, -0.1) is 0 Å². The van der Waals surface area contributed by atoms with Gasteiger partial charge in [0.2, 0.25) is 0 Å². The molecule has 92 valence electrons. The Morgan fingerprint density at radius 2 is 2.41 bits per heavy atom. The molecule has 1 fully saturated rings. The quantitative estimate of drug-likeness (QED) is 0.768. The van der Waals surface area contributed by atoms with Gasteiger partial charge in [0.05, 0.1) is 5.56 Å². The van der Waals surface area contributed by atoms with Gasteiger partial charge in [-0.05, 0) is 24.3 Å². The van der Waals surface area contributed by atoms with Crippen LogP contribution in [0.4, 0.5) is 5.82 Å². The minimum absolute atomic E-state index is 0.0727. The van der Waals surface area contributed by atoms with E-state index < -0.39 is 0 Å². The normalized spacial score (nSPS) is 19.1. The van der Waals surface area contributed by atoms with E-state index >= 15 is 0 Å². The Morgan fingerprint density at radius 3 is 3.06 bits per heavy atom. The number of pyridine rings is 1. The molecule has 1 saturated heterocycles. The molecule has 0 saturated carbocycles. The van der Waals surface area contributed by atoms with Crippen molar-refractivity contribution in [3.05, 3.63) is 23.9 Å². The summed E-state index contributed by atoms with van der Waals surface area (Å²) >= 11 is 1.83. The maximum Gasteiger partial charge on any atom is 0.338 e. The summed E-state index contributed by atoms with van der Waals surface area (Å²) in [4.78, 5) is 17.9. The van der Waals surface area contributed by atoms with Crippen molar-refractivity contribution in [1.29, 1.82) is 0 Å². The third kappa shape index (κ3) is 3.12.